The van der Waals surface area contributed by atoms with Gasteiger partial charge < -0.3 is 19.7 Å². The van der Waals surface area contributed by atoms with Gasteiger partial charge in [-0.25, -0.2) is 0 Å². The van der Waals surface area contributed by atoms with E-state index in [1.165, 1.54) is 43.3 Å². The molecular formula is C41H66O6. The molecule has 1 aliphatic heterocycles. The van der Waals surface area contributed by atoms with Gasteiger partial charge in [-0.1, -0.05) is 101 Å². The molecule has 1 spiro atoms. The van der Waals surface area contributed by atoms with E-state index in [0.29, 0.717) is 50.0 Å². The smallest absolute Gasteiger partial charge is 0.305 e. The number of carbonyl (C=O) groups is 2. The number of ether oxygens (including phenoxy) is 2. The first-order valence-corrected chi connectivity index (χ1v) is 18.6. The van der Waals surface area contributed by atoms with Crippen LogP contribution in [-0.4, -0.2) is 47.1 Å². The zero-order chi connectivity index (χ0) is 34.8. The Morgan fingerprint density at radius 3 is 2.40 bits per heavy atom. The molecule has 6 heteroatoms. The highest BCUT2D eigenvalue weighted by Crippen LogP contribution is 2.60. The van der Waals surface area contributed by atoms with E-state index in [9.17, 15) is 19.8 Å². The molecule has 47 heavy (non-hydrogen) atoms. The SMILES string of the molecule is CCCCCCCCCC(=O)OCCC[C@@H]1/C(=C(/C)C=O)CC[C@](C)(O)[C@@]12C[C@H](/C=C(C)/C=C/C1=C(C)CC[C@H](C)C1(C)C)O[C@H]2O. The van der Waals surface area contributed by atoms with E-state index in [0.717, 1.165) is 43.1 Å². The van der Waals surface area contributed by atoms with Gasteiger partial charge in [0.25, 0.3) is 0 Å². The van der Waals surface area contributed by atoms with Crippen molar-refractivity contribution in [2.75, 3.05) is 6.61 Å². The monoisotopic (exact) mass is 654 g/mol. The molecule has 0 radical (unpaired) electrons. The Morgan fingerprint density at radius 1 is 1.04 bits per heavy atom. The third kappa shape index (κ3) is 9.57. The minimum Gasteiger partial charge on any atom is -0.466 e. The third-order valence-corrected chi connectivity index (χ3v) is 12.1. The summed E-state index contributed by atoms with van der Waals surface area (Å²) in [6.45, 7) is 17.4. The molecule has 6 atom stereocenters. The molecule has 6 nitrogen and oxygen atoms in total. The number of aldehydes is 1. The number of carbonyl (C=O) groups excluding carboxylic acids is 2. The van der Waals surface area contributed by atoms with Gasteiger partial charge in [-0.2, -0.15) is 0 Å². The van der Waals surface area contributed by atoms with Gasteiger partial charge in [0, 0.05) is 6.42 Å². The molecule has 0 unspecified atom stereocenters. The molecule has 1 saturated heterocycles. The van der Waals surface area contributed by atoms with Crippen molar-refractivity contribution in [3.05, 3.63) is 46.1 Å². The second-order valence-corrected chi connectivity index (χ2v) is 15.8. The van der Waals surface area contributed by atoms with Crippen molar-refractivity contribution in [3.8, 4) is 0 Å². The maximum atomic E-state index is 12.4. The van der Waals surface area contributed by atoms with E-state index in [1.807, 2.05) is 13.8 Å². The van der Waals surface area contributed by atoms with Crippen molar-refractivity contribution in [3.63, 3.8) is 0 Å². The molecule has 2 N–H and O–H groups in total. The molecule has 1 heterocycles. The van der Waals surface area contributed by atoms with Crippen LogP contribution in [0.4, 0.5) is 0 Å². The molecule has 0 aromatic heterocycles. The van der Waals surface area contributed by atoms with Gasteiger partial charge in [-0.3, -0.25) is 9.59 Å². The standard InChI is InChI=1S/C41H66O6/c1-9-10-11-12-13-14-15-18-37(43)46-25-16-17-36-34(31(4)28-42)23-24-40(8,45)41(36)27-33(47-38(41)44)26-29(2)19-22-35-30(3)20-21-32(5)39(35,6)7/h19,22,26,28,32-33,36,38,44-45H,9-18,20-21,23-25,27H2,1-8H3/b22-19+,29-26+,34-31-/t32-,33-,36+,38+,40-,41-/m0/s1. The Kier molecular flexibility index (Phi) is 14.7. The predicted molar refractivity (Wildman–Crippen MR) is 191 cm³/mol. The Bertz CT molecular complexity index is 1190. The maximum absolute atomic E-state index is 12.4. The maximum Gasteiger partial charge on any atom is 0.305 e. The molecule has 0 aromatic carbocycles. The normalized spacial score (nSPS) is 32.3. The number of hydrogen-bond acceptors (Lipinski definition) is 6. The van der Waals surface area contributed by atoms with Crippen molar-refractivity contribution >= 4 is 12.3 Å². The van der Waals surface area contributed by atoms with Gasteiger partial charge in [0.2, 0.25) is 0 Å². The number of aliphatic hydroxyl groups excluding tert-OH is 1. The van der Waals surface area contributed by atoms with Gasteiger partial charge >= 0.3 is 5.97 Å². The lowest BCUT2D eigenvalue weighted by molar-refractivity contribution is -0.219. The van der Waals surface area contributed by atoms with E-state index in [2.05, 4.69) is 59.8 Å². The van der Waals surface area contributed by atoms with Crippen molar-refractivity contribution in [1.82, 2.24) is 0 Å². The van der Waals surface area contributed by atoms with E-state index in [-0.39, 0.29) is 30.0 Å². The summed E-state index contributed by atoms with van der Waals surface area (Å²) in [7, 11) is 0. The molecule has 0 amide bonds. The zero-order valence-corrected chi connectivity index (χ0v) is 31.0. The van der Waals surface area contributed by atoms with Crippen LogP contribution in [0, 0.1) is 22.7 Å². The van der Waals surface area contributed by atoms with Gasteiger partial charge in [0.15, 0.2) is 6.29 Å². The summed E-state index contributed by atoms with van der Waals surface area (Å²) in [5, 5.41) is 23.6. The van der Waals surface area contributed by atoms with Gasteiger partial charge in [-0.15, -0.1) is 0 Å². The van der Waals surface area contributed by atoms with Crippen molar-refractivity contribution in [2.24, 2.45) is 22.7 Å². The van der Waals surface area contributed by atoms with Crippen LogP contribution in [0.5, 0.6) is 0 Å². The molecule has 2 aliphatic carbocycles. The molecule has 2 fully saturated rings. The van der Waals surface area contributed by atoms with E-state index in [1.54, 1.807) is 0 Å². The Hall–Kier alpha value is -2.02. The number of unbranched alkanes of at least 4 members (excludes halogenated alkanes) is 6. The van der Waals surface area contributed by atoms with Gasteiger partial charge in [-0.05, 0) is 107 Å². The summed E-state index contributed by atoms with van der Waals surface area (Å²) in [5.74, 6) is 0.165. The van der Waals surface area contributed by atoms with Crippen LogP contribution in [-0.2, 0) is 19.1 Å². The molecule has 0 aromatic rings. The average molecular weight is 655 g/mol. The zero-order valence-electron chi connectivity index (χ0n) is 31.0. The lowest BCUT2D eigenvalue weighted by Crippen LogP contribution is -2.58. The Labute approximate surface area is 286 Å². The minimum atomic E-state index is -1.20. The summed E-state index contributed by atoms with van der Waals surface area (Å²) in [4.78, 5) is 24.4. The Morgan fingerprint density at radius 2 is 1.72 bits per heavy atom. The highest BCUT2D eigenvalue weighted by Gasteiger charge is 2.64. The molecule has 266 valence electrons. The van der Waals surface area contributed by atoms with E-state index < -0.39 is 17.3 Å². The topological polar surface area (TPSA) is 93.1 Å². The quantitative estimate of drug-likeness (QED) is 0.0566. The summed E-state index contributed by atoms with van der Waals surface area (Å²) in [6.07, 6.45) is 19.2. The molecule has 1 saturated carbocycles. The second-order valence-electron chi connectivity index (χ2n) is 15.8. The highest BCUT2D eigenvalue weighted by atomic mass is 16.6. The Balaban J connectivity index is 1.72. The lowest BCUT2D eigenvalue weighted by atomic mass is 9.53. The third-order valence-electron chi connectivity index (χ3n) is 12.1. The lowest BCUT2D eigenvalue weighted by Gasteiger charge is -2.54. The van der Waals surface area contributed by atoms with Crippen LogP contribution in [0.2, 0.25) is 0 Å². The summed E-state index contributed by atoms with van der Waals surface area (Å²) in [6, 6.07) is 0. The van der Waals surface area contributed by atoms with Crippen LogP contribution in [0.3, 0.4) is 0 Å². The summed E-state index contributed by atoms with van der Waals surface area (Å²) < 4.78 is 11.8. The first-order chi connectivity index (χ1) is 22.2. The van der Waals surface area contributed by atoms with E-state index in [4.69, 9.17) is 9.47 Å². The summed E-state index contributed by atoms with van der Waals surface area (Å²) in [5.41, 5.74) is 3.43. The van der Waals surface area contributed by atoms with Crippen LogP contribution in [0.1, 0.15) is 152 Å². The van der Waals surface area contributed by atoms with Crippen LogP contribution in [0.15, 0.2) is 46.1 Å². The van der Waals surface area contributed by atoms with Gasteiger partial charge in [0.1, 0.15) is 6.29 Å². The highest BCUT2D eigenvalue weighted by molar-refractivity contribution is 5.74. The summed E-state index contributed by atoms with van der Waals surface area (Å²) >= 11 is 0. The average Bonchev–Trinajstić information content (AvgIpc) is 3.34. The first-order valence-electron chi connectivity index (χ1n) is 18.6. The fraction of sp³-hybridized carbons (Fsp3) is 0.756. The van der Waals surface area contributed by atoms with Crippen LogP contribution in [0.25, 0.3) is 0 Å². The first kappa shape index (κ1) is 39.4. The number of rotatable bonds is 16. The van der Waals surface area contributed by atoms with Gasteiger partial charge in [0.05, 0.1) is 23.7 Å². The number of esters is 1. The van der Waals surface area contributed by atoms with Crippen LogP contribution >= 0.6 is 0 Å². The van der Waals surface area contributed by atoms with Crippen LogP contribution < -0.4 is 0 Å². The number of aliphatic hydroxyl groups is 2. The molecule has 3 aliphatic rings. The molecule has 3 rings (SSSR count). The van der Waals surface area contributed by atoms with Crippen molar-refractivity contribution in [2.45, 2.75) is 170 Å². The van der Waals surface area contributed by atoms with Crippen molar-refractivity contribution in [1.29, 1.82) is 0 Å². The fourth-order valence-electron chi connectivity index (χ4n) is 8.55. The minimum absolute atomic E-state index is 0.110. The predicted octanol–water partition coefficient (Wildman–Crippen LogP) is 9.50. The molecular weight excluding hydrogens is 588 g/mol. The largest absolute Gasteiger partial charge is 0.466 e. The fourth-order valence-corrected chi connectivity index (χ4v) is 8.55. The second kappa shape index (κ2) is 17.6. The number of hydrogen-bond donors (Lipinski definition) is 2. The van der Waals surface area contributed by atoms with E-state index >= 15 is 0 Å². The molecule has 0 bridgehead atoms. The van der Waals surface area contributed by atoms with Crippen molar-refractivity contribution < 1.29 is 29.3 Å². The number of allylic oxidation sites excluding steroid dienone is 7.